The van der Waals surface area contributed by atoms with Gasteiger partial charge in [-0.2, -0.15) is 0 Å². The Balaban J connectivity index is -0.0000000247. The molecule has 96 valence electrons. The van der Waals surface area contributed by atoms with Crippen LogP contribution < -0.4 is 68.9 Å². The van der Waals surface area contributed by atoms with Crippen LogP contribution in [0, 0.1) is 0 Å². The summed E-state index contributed by atoms with van der Waals surface area (Å²) in [5.41, 5.74) is 0. The Labute approximate surface area is 140 Å². The van der Waals surface area contributed by atoms with Crippen molar-refractivity contribution >= 4 is 23.9 Å². The summed E-state index contributed by atoms with van der Waals surface area (Å²) in [5, 5.41) is 0. The minimum absolute atomic E-state index is 0. The van der Waals surface area contributed by atoms with E-state index in [0.29, 0.717) is 0 Å². The molecule has 17 heavy (non-hydrogen) atoms. The maximum atomic E-state index is 8.77. The molecule has 0 aliphatic carbocycles. The molecule has 0 aliphatic rings. The molecule has 0 fully saturated rings. The molecule has 0 radical (unpaired) electrons. The molecule has 0 unspecified atom stereocenters. The van der Waals surface area contributed by atoms with Crippen LogP contribution in [0.25, 0.3) is 0 Å². The first kappa shape index (κ1) is 36.5. The Kier molecular flexibility index (Phi) is 39.1. The van der Waals surface area contributed by atoms with Crippen LogP contribution in [0.5, 0.6) is 0 Å². The minimum Gasteiger partial charge on any atom is -0.756 e. The van der Waals surface area contributed by atoms with Crippen LogP contribution in [-0.2, 0) is 13.7 Å². The Hall–Kier alpha value is 2.20. The molecule has 0 aromatic rings. The minimum atomic E-state index is -4.89. The Bertz CT molecular complexity index is 196. The summed E-state index contributed by atoms with van der Waals surface area (Å²) in [4.78, 5) is 60.1. The summed E-state index contributed by atoms with van der Waals surface area (Å²) in [6.07, 6.45) is 0. The summed E-state index contributed by atoms with van der Waals surface area (Å²) in [7, 11) is -12.6. The molecule has 0 amide bonds. The van der Waals surface area contributed by atoms with Crippen LogP contribution in [-0.4, -0.2) is 34.8 Å². The zero-order valence-electron chi connectivity index (χ0n) is 8.57. The zero-order chi connectivity index (χ0) is 12.6. The number of rotatable bonds is 0. The van der Waals surface area contributed by atoms with Crippen molar-refractivity contribution in [3.05, 3.63) is 0 Å². The van der Waals surface area contributed by atoms with E-state index in [1.807, 2.05) is 0 Å². The SMILES string of the molecule is O.O=P([O-])(O)O.O=P([O-])(O)O.O=[P+](O)O.[Na+].[Na+]. The van der Waals surface area contributed by atoms with Crippen molar-refractivity contribution < 1.29 is 117 Å². The van der Waals surface area contributed by atoms with Gasteiger partial charge in [-0.15, -0.1) is 9.79 Å². The smallest absolute Gasteiger partial charge is 0.756 e. The number of hydrogen-bond acceptors (Lipinski definition) is 5. The van der Waals surface area contributed by atoms with Gasteiger partial charge in [-0.3, -0.25) is 9.13 Å². The predicted octanol–water partition coefficient (Wildman–Crippen LogP) is -10.3. The van der Waals surface area contributed by atoms with Gasteiger partial charge in [0.2, 0.25) is 0 Å². The van der Waals surface area contributed by atoms with E-state index in [1.54, 1.807) is 0 Å². The first-order valence-electron chi connectivity index (χ1n) is 2.11. The fourth-order valence-electron chi connectivity index (χ4n) is 0. The van der Waals surface area contributed by atoms with Crippen LogP contribution in [0.4, 0.5) is 0 Å². The molecular weight excluding hydrogens is 331 g/mol. The van der Waals surface area contributed by atoms with E-state index in [0.717, 1.165) is 0 Å². The third-order valence-electron chi connectivity index (χ3n) is 0. The predicted molar refractivity (Wildman–Crippen MR) is 39.7 cm³/mol. The van der Waals surface area contributed by atoms with Crippen LogP contribution in [0.1, 0.15) is 0 Å². The van der Waals surface area contributed by atoms with E-state index in [9.17, 15) is 0 Å². The van der Waals surface area contributed by atoms with Crippen molar-refractivity contribution in [3.63, 3.8) is 0 Å². The van der Waals surface area contributed by atoms with E-state index in [4.69, 9.17) is 52.8 Å². The van der Waals surface area contributed by atoms with Gasteiger partial charge in [-0.1, -0.05) is 0 Å². The van der Waals surface area contributed by atoms with E-state index in [2.05, 4.69) is 0 Å². The molecule has 0 aliphatic heterocycles. The van der Waals surface area contributed by atoms with Crippen LogP contribution in [0.2, 0.25) is 0 Å². The van der Waals surface area contributed by atoms with Crippen molar-refractivity contribution in [3.8, 4) is 0 Å². The molecule has 0 atom stereocenters. The van der Waals surface area contributed by atoms with Crippen molar-refractivity contribution in [2.24, 2.45) is 0 Å². The van der Waals surface area contributed by atoms with E-state index >= 15 is 0 Å². The van der Waals surface area contributed by atoms with Crippen molar-refractivity contribution in [2.45, 2.75) is 0 Å². The number of hydrogen-bond donors (Lipinski definition) is 6. The molecule has 0 spiro atoms. The van der Waals surface area contributed by atoms with Gasteiger partial charge >= 0.3 is 67.4 Å². The first-order chi connectivity index (χ1) is 5.73. The molecule has 0 heterocycles. The maximum Gasteiger partial charge on any atom is 1.00 e. The van der Waals surface area contributed by atoms with E-state index in [1.165, 1.54) is 0 Å². The summed E-state index contributed by atoms with van der Waals surface area (Å²) in [6, 6.07) is 0. The topological polar surface area (TPSA) is 250 Å². The van der Waals surface area contributed by atoms with Gasteiger partial charge in [0.05, 0.1) is 0 Å². The Morgan fingerprint density at radius 3 is 0.824 bits per heavy atom. The molecule has 0 bridgehead atoms. The third kappa shape index (κ3) is 987. The second kappa shape index (κ2) is 18.2. The summed E-state index contributed by atoms with van der Waals surface area (Å²) < 4.78 is 26.2. The molecule has 0 aromatic heterocycles. The molecule has 0 rings (SSSR count). The quantitative estimate of drug-likeness (QED) is 0.178. The van der Waals surface area contributed by atoms with Gasteiger partial charge in [-0.05, 0) is 0 Å². The zero-order valence-corrected chi connectivity index (χ0v) is 15.2. The summed E-state index contributed by atoms with van der Waals surface area (Å²) >= 11 is 0. The molecule has 0 saturated carbocycles. The Morgan fingerprint density at radius 2 is 0.824 bits per heavy atom. The molecule has 0 aromatic carbocycles. The van der Waals surface area contributed by atoms with E-state index < -0.39 is 23.9 Å². The maximum absolute atomic E-state index is 8.77. The average molecular weight is 339 g/mol. The average Bonchev–Trinajstić information content (AvgIpc) is 1.45. The number of phosphoric acid groups is 2. The van der Waals surface area contributed by atoms with E-state index in [-0.39, 0.29) is 64.6 Å². The van der Waals surface area contributed by atoms with Crippen molar-refractivity contribution in [1.82, 2.24) is 0 Å². The fourth-order valence-corrected chi connectivity index (χ4v) is 0. The molecule has 8 N–H and O–H groups in total. The van der Waals surface area contributed by atoms with Crippen LogP contribution in [0.3, 0.4) is 0 Å². The molecule has 12 nitrogen and oxygen atoms in total. The second-order valence-corrected chi connectivity index (χ2v) is 3.70. The first-order valence-corrected chi connectivity index (χ1v) is 6.34. The monoisotopic (exact) mass is 339 g/mol. The van der Waals surface area contributed by atoms with Gasteiger partial charge in [-0.25, -0.2) is 0 Å². The van der Waals surface area contributed by atoms with Gasteiger partial charge in [0, 0.05) is 4.57 Å². The fraction of sp³-hybridized carbons (Fsp3) is 0. The normalized spacial score (nSPS) is 8.47. The molecular formula is H8Na2O12P3+. The Morgan fingerprint density at radius 1 is 0.824 bits per heavy atom. The van der Waals surface area contributed by atoms with Gasteiger partial charge in [0.15, 0.2) is 0 Å². The van der Waals surface area contributed by atoms with Crippen LogP contribution in [0.15, 0.2) is 0 Å². The van der Waals surface area contributed by atoms with Crippen LogP contribution >= 0.6 is 23.9 Å². The largest absolute Gasteiger partial charge is 1.00 e. The summed E-state index contributed by atoms with van der Waals surface area (Å²) in [5.74, 6) is 0. The van der Waals surface area contributed by atoms with Crippen molar-refractivity contribution in [2.75, 3.05) is 0 Å². The summed E-state index contributed by atoms with van der Waals surface area (Å²) in [6.45, 7) is 0. The molecule has 17 heteroatoms. The van der Waals surface area contributed by atoms with Gasteiger partial charge in [0.1, 0.15) is 0 Å². The third-order valence-corrected chi connectivity index (χ3v) is 0. The van der Waals surface area contributed by atoms with Crippen molar-refractivity contribution in [1.29, 1.82) is 0 Å². The standard InChI is InChI=1S/2Na.2H3O4P.HO3P.H2O/c;;2*1-5(2,3)4;1-4(2)3;/h;;2*(H3,1,2,3,4);(H-,1,2,3);1H2/q2*+1;;;;/p-1. The van der Waals surface area contributed by atoms with Gasteiger partial charge in [0.25, 0.3) is 15.6 Å². The van der Waals surface area contributed by atoms with Gasteiger partial charge < -0.3 is 34.8 Å². The molecule has 0 saturated heterocycles. The second-order valence-electron chi connectivity index (χ2n) is 1.23.